The van der Waals surface area contributed by atoms with Crippen LogP contribution in [0.4, 0.5) is 22.2 Å². The molecular weight excluding hydrogens is 473 g/mol. The van der Waals surface area contributed by atoms with E-state index in [1.807, 2.05) is 11.8 Å². The van der Waals surface area contributed by atoms with E-state index in [-0.39, 0.29) is 11.9 Å². The molecule has 3 rings (SSSR count). The molecule has 8 nitrogen and oxygen atoms in total. The van der Waals surface area contributed by atoms with Gasteiger partial charge in [0.2, 0.25) is 11.0 Å². The van der Waals surface area contributed by atoms with Crippen molar-refractivity contribution in [2.45, 2.75) is 26.8 Å². The summed E-state index contributed by atoms with van der Waals surface area (Å²) in [5.74, 6) is -0.611. The third-order valence-corrected chi connectivity index (χ3v) is 6.26. The van der Waals surface area contributed by atoms with Gasteiger partial charge < -0.3 is 15.0 Å². The van der Waals surface area contributed by atoms with Crippen LogP contribution < -0.4 is 10.2 Å². The van der Waals surface area contributed by atoms with E-state index in [0.717, 1.165) is 10.4 Å². The molecular formula is C21H21Cl2N5O3S. The second kappa shape index (κ2) is 10.2. The maximum Gasteiger partial charge on any atom is 0.328 e. The average Bonchev–Trinajstić information content (AvgIpc) is 3.14. The van der Waals surface area contributed by atoms with E-state index in [9.17, 15) is 9.59 Å². The number of anilines is 2. The zero-order chi connectivity index (χ0) is 23.4. The second-order valence-electron chi connectivity index (χ2n) is 6.80. The van der Waals surface area contributed by atoms with Gasteiger partial charge in [-0.3, -0.25) is 4.79 Å². The molecule has 0 bridgehead atoms. The third kappa shape index (κ3) is 5.35. The highest BCUT2D eigenvalue weighted by atomic mass is 35.5. The van der Waals surface area contributed by atoms with Gasteiger partial charge in [-0.2, -0.15) is 0 Å². The Morgan fingerprint density at radius 2 is 1.94 bits per heavy atom. The van der Waals surface area contributed by atoms with E-state index < -0.39 is 6.04 Å². The Kier molecular flexibility index (Phi) is 7.65. The largest absolute Gasteiger partial charge is 0.467 e. The number of ether oxygens (including phenoxy) is 1. The molecule has 0 radical (unpaired) electrons. The number of carbonyl (C=O) groups excluding carboxylic acids is 2. The Morgan fingerprint density at radius 1 is 1.22 bits per heavy atom. The molecule has 1 unspecified atom stereocenters. The maximum atomic E-state index is 12.0. The number of fused-ring (bicyclic) bond motifs is 1. The molecule has 0 saturated heterocycles. The highest BCUT2D eigenvalue weighted by Gasteiger charge is 2.22. The van der Waals surface area contributed by atoms with Gasteiger partial charge in [0.1, 0.15) is 11.7 Å². The van der Waals surface area contributed by atoms with Gasteiger partial charge in [0.05, 0.1) is 33.1 Å². The first-order chi connectivity index (χ1) is 15.2. The van der Waals surface area contributed by atoms with Crippen LogP contribution in [0, 0.1) is 0 Å². The number of rotatable bonds is 7. The van der Waals surface area contributed by atoms with Crippen LogP contribution in [0.5, 0.6) is 0 Å². The number of nitrogens with one attached hydrogen (secondary N) is 1. The molecule has 0 aliphatic rings. The summed E-state index contributed by atoms with van der Waals surface area (Å²) in [4.78, 5) is 30.0. The Hall–Kier alpha value is -2.75. The van der Waals surface area contributed by atoms with Crippen LogP contribution >= 0.6 is 34.5 Å². The Balaban J connectivity index is 1.95. The normalized spacial score (nSPS) is 12.2. The van der Waals surface area contributed by atoms with Crippen LogP contribution in [-0.2, 0) is 14.3 Å². The predicted octanol–water partition coefficient (Wildman–Crippen LogP) is 6.36. The zero-order valence-corrected chi connectivity index (χ0v) is 20.2. The average molecular weight is 494 g/mol. The lowest BCUT2D eigenvalue weighted by molar-refractivity contribution is -0.141. The van der Waals surface area contributed by atoms with Gasteiger partial charge >= 0.3 is 5.97 Å². The summed E-state index contributed by atoms with van der Waals surface area (Å²) >= 11 is 13.4. The molecule has 11 heteroatoms. The smallest absolute Gasteiger partial charge is 0.328 e. The molecule has 1 amide bonds. The number of carbonyl (C=O) groups is 2. The fourth-order valence-corrected chi connectivity index (χ4v) is 4.30. The van der Waals surface area contributed by atoms with Crippen molar-refractivity contribution in [3.63, 3.8) is 0 Å². The SMILES string of the molecule is CCN(c1ccc(N=Nc2nc3cc(Cl)c(Cl)cc3s2)c(NC(C)=O)c1)C(C)C(=O)OC. The molecule has 3 aromatic rings. The molecule has 0 aliphatic heterocycles. The minimum Gasteiger partial charge on any atom is -0.467 e. The van der Waals surface area contributed by atoms with E-state index in [2.05, 4.69) is 20.5 Å². The number of halogens is 2. The monoisotopic (exact) mass is 493 g/mol. The number of hydrogen-bond acceptors (Lipinski definition) is 8. The van der Waals surface area contributed by atoms with E-state index >= 15 is 0 Å². The van der Waals surface area contributed by atoms with Gasteiger partial charge in [0.15, 0.2) is 0 Å². The summed E-state index contributed by atoms with van der Waals surface area (Å²) in [5.41, 5.74) is 2.31. The van der Waals surface area contributed by atoms with Crippen LogP contribution in [0.1, 0.15) is 20.8 Å². The van der Waals surface area contributed by atoms with Crippen molar-refractivity contribution in [2.75, 3.05) is 23.9 Å². The number of nitrogens with zero attached hydrogens (tertiary/aromatic N) is 4. The van der Waals surface area contributed by atoms with Crippen molar-refractivity contribution in [1.82, 2.24) is 4.98 Å². The van der Waals surface area contributed by atoms with Crippen molar-refractivity contribution in [2.24, 2.45) is 10.2 Å². The summed E-state index contributed by atoms with van der Waals surface area (Å²) < 4.78 is 5.69. The summed E-state index contributed by atoms with van der Waals surface area (Å²) in [6.45, 7) is 5.65. The Morgan fingerprint density at radius 3 is 2.59 bits per heavy atom. The molecule has 1 atom stereocenters. The van der Waals surface area contributed by atoms with Crippen molar-refractivity contribution < 1.29 is 14.3 Å². The summed E-state index contributed by atoms with van der Waals surface area (Å²) in [6, 6.07) is 8.18. The molecule has 1 heterocycles. The first-order valence-corrected chi connectivity index (χ1v) is 11.2. The molecule has 0 fully saturated rings. The summed E-state index contributed by atoms with van der Waals surface area (Å²) in [6.07, 6.45) is 0. The minimum absolute atomic E-state index is 0.257. The van der Waals surface area contributed by atoms with Crippen molar-refractivity contribution in [3.8, 4) is 0 Å². The van der Waals surface area contributed by atoms with E-state index in [4.69, 9.17) is 27.9 Å². The van der Waals surface area contributed by atoms with Crippen LogP contribution in [0.3, 0.4) is 0 Å². The van der Waals surface area contributed by atoms with Gasteiger partial charge in [-0.1, -0.05) is 34.5 Å². The molecule has 0 aliphatic carbocycles. The van der Waals surface area contributed by atoms with Gasteiger partial charge in [-0.25, -0.2) is 9.78 Å². The number of esters is 1. The fourth-order valence-electron chi connectivity index (χ4n) is 3.11. The molecule has 2 aromatic carbocycles. The Bertz CT molecular complexity index is 1160. The van der Waals surface area contributed by atoms with Gasteiger partial charge in [-0.05, 0) is 44.2 Å². The van der Waals surface area contributed by atoms with E-state index in [1.54, 1.807) is 37.3 Å². The first-order valence-electron chi connectivity index (χ1n) is 9.67. The zero-order valence-electron chi connectivity index (χ0n) is 17.8. The quantitative estimate of drug-likeness (QED) is 0.304. The molecule has 1 aromatic heterocycles. The number of amides is 1. The number of thiazole rings is 1. The summed E-state index contributed by atoms with van der Waals surface area (Å²) in [5, 5.41) is 12.5. The summed E-state index contributed by atoms with van der Waals surface area (Å²) in [7, 11) is 1.35. The van der Waals surface area contributed by atoms with E-state index in [1.165, 1.54) is 25.4 Å². The van der Waals surface area contributed by atoms with Crippen LogP contribution in [0.25, 0.3) is 10.2 Å². The number of likely N-dealkylation sites (N-methyl/N-ethyl adjacent to an activating group) is 1. The van der Waals surface area contributed by atoms with Gasteiger partial charge in [0, 0.05) is 19.2 Å². The number of benzene rings is 2. The number of azo groups is 1. The van der Waals surface area contributed by atoms with E-state index in [0.29, 0.717) is 38.6 Å². The second-order valence-corrected chi connectivity index (χ2v) is 8.62. The van der Waals surface area contributed by atoms with Crippen LogP contribution in [-0.4, -0.2) is 36.6 Å². The van der Waals surface area contributed by atoms with Crippen molar-refractivity contribution in [1.29, 1.82) is 0 Å². The topological polar surface area (TPSA) is 96.3 Å². The lowest BCUT2D eigenvalue weighted by atomic mass is 10.2. The lowest BCUT2D eigenvalue weighted by Gasteiger charge is -2.28. The highest BCUT2D eigenvalue weighted by molar-refractivity contribution is 7.22. The molecule has 0 saturated carbocycles. The van der Waals surface area contributed by atoms with Crippen LogP contribution in [0.2, 0.25) is 10.0 Å². The molecule has 0 spiro atoms. The predicted molar refractivity (Wildman–Crippen MR) is 129 cm³/mol. The fraction of sp³-hybridized carbons (Fsp3) is 0.286. The lowest BCUT2D eigenvalue weighted by Crippen LogP contribution is -2.39. The third-order valence-electron chi connectivity index (χ3n) is 4.64. The number of methoxy groups -OCH3 is 1. The minimum atomic E-state index is -0.496. The molecule has 32 heavy (non-hydrogen) atoms. The highest BCUT2D eigenvalue weighted by Crippen LogP contribution is 2.36. The maximum absolute atomic E-state index is 12.0. The van der Waals surface area contributed by atoms with Crippen molar-refractivity contribution in [3.05, 3.63) is 40.4 Å². The van der Waals surface area contributed by atoms with Crippen molar-refractivity contribution >= 4 is 78.8 Å². The molecule has 1 N–H and O–H groups in total. The van der Waals surface area contributed by atoms with Gasteiger partial charge in [0.25, 0.3) is 0 Å². The Labute approximate surface area is 199 Å². The van der Waals surface area contributed by atoms with Crippen LogP contribution in [0.15, 0.2) is 40.6 Å². The molecule has 168 valence electrons. The standard InChI is InChI=1S/C21H21Cl2N5O3S/c1-5-28(11(2)20(30)31-4)13-6-7-16(17(8-13)24-12(3)29)26-27-21-25-18-9-14(22)15(23)10-19(18)32-21/h6-11H,5H2,1-4H3,(H,24,29). The first kappa shape index (κ1) is 23.9. The number of hydrogen-bond donors (Lipinski definition) is 1. The number of aromatic nitrogens is 1. The van der Waals surface area contributed by atoms with Gasteiger partial charge in [-0.15, -0.1) is 10.2 Å².